The van der Waals surface area contributed by atoms with E-state index >= 15 is 0 Å². The second-order valence-corrected chi connectivity index (χ2v) is 7.21. The van der Waals surface area contributed by atoms with Gasteiger partial charge in [0, 0.05) is 12.6 Å². The number of hydrogen-bond acceptors (Lipinski definition) is 2. The lowest BCUT2D eigenvalue weighted by molar-refractivity contribution is -0.120. The van der Waals surface area contributed by atoms with Crippen molar-refractivity contribution in [3.8, 4) is 0 Å². The minimum Gasteiger partial charge on any atom is -0.323 e. The van der Waals surface area contributed by atoms with Gasteiger partial charge in [-0.25, -0.2) is 0 Å². The number of nitrogens with zero attached hydrogens (tertiary/aromatic N) is 1. The molecule has 4 nitrogen and oxygen atoms in total. The van der Waals surface area contributed by atoms with Crippen molar-refractivity contribution in [3.05, 3.63) is 58.1 Å². The average Bonchev–Trinajstić information content (AvgIpc) is 2.55. The Morgan fingerprint density at radius 3 is 2.38 bits per heavy atom. The van der Waals surface area contributed by atoms with Crippen LogP contribution in [0, 0.1) is 13.8 Å². The predicted molar refractivity (Wildman–Crippen MR) is 108 cm³/mol. The molecule has 0 bridgehead atoms. The fourth-order valence-electron chi connectivity index (χ4n) is 2.98. The van der Waals surface area contributed by atoms with Gasteiger partial charge in [-0.15, -0.1) is 0 Å². The summed E-state index contributed by atoms with van der Waals surface area (Å²) in [6, 6.07) is 11.4. The van der Waals surface area contributed by atoms with Crippen LogP contribution in [-0.4, -0.2) is 18.4 Å². The molecule has 2 aromatic carbocycles. The molecule has 0 aliphatic carbocycles. The minimum absolute atomic E-state index is 0.0668. The first-order chi connectivity index (χ1) is 12.2. The van der Waals surface area contributed by atoms with E-state index in [-0.39, 0.29) is 24.3 Å². The third-order valence-corrected chi connectivity index (χ3v) is 4.53. The van der Waals surface area contributed by atoms with Gasteiger partial charge in [0.25, 0.3) is 0 Å². The van der Waals surface area contributed by atoms with Crippen molar-refractivity contribution in [1.82, 2.24) is 0 Å². The number of benzene rings is 2. The molecule has 2 amide bonds. The summed E-state index contributed by atoms with van der Waals surface area (Å²) in [5.41, 5.74) is 4.29. The maximum Gasteiger partial charge on any atom is 0.244 e. The van der Waals surface area contributed by atoms with Gasteiger partial charge in [-0.3, -0.25) is 9.59 Å². The van der Waals surface area contributed by atoms with Crippen LogP contribution in [0.5, 0.6) is 0 Å². The Balaban J connectivity index is 2.27. The molecule has 0 aliphatic heterocycles. The van der Waals surface area contributed by atoms with Gasteiger partial charge in [-0.05, 0) is 48.6 Å². The van der Waals surface area contributed by atoms with Crippen molar-refractivity contribution in [3.63, 3.8) is 0 Å². The number of rotatable bonds is 5. The summed E-state index contributed by atoms with van der Waals surface area (Å²) >= 11 is 6.27. The van der Waals surface area contributed by atoms with Crippen molar-refractivity contribution in [2.24, 2.45) is 0 Å². The van der Waals surface area contributed by atoms with Crippen LogP contribution in [0.2, 0.25) is 5.02 Å². The number of hydrogen-bond donors (Lipinski definition) is 1. The first-order valence-corrected chi connectivity index (χ1v) is 9.02. The van der Waals surface area contributed by atoms with Gasteiger partial charge in [0.15, 0.2) is 0 Å². The molecular formula is C21H25ClN2O2. The Bertz CT molecular complexity index is 808. The Morgan fingerprint density at radius 1 is 1.15 bits per heavy atom. The van der Waals surface area contributed by atoms with Crippen LogP contribution in [0.15, 0.2) is 36.4 Å². The predicted octanol–water partition coefficient (Wildman–Crippen LogP) is 5.07. The molecule has 0 spiro atoms. The highest BCUT2D eigenvalue weighted by Gasteiger charge is 2.20. The summed E-state index contributed by atoms with van der Waals surface area (Å²) in [6.07, 6.45) is 0. The van der Waals surface area contributed by atoms with E-state index in [1.165, 1.54) is 11.8 Å². The van der Waals surface area contributed by atoms with E-state index < -0.39 is 0 Å². The van der Waals surface area contributed by atoms with E-state index in [0.29, 0.717) is 10.7 Å². The zero-order valence-corrected chi connectivity index (χ0v) is 16.6. The van der Waals surface area contributed by atoms with Crippen LogP contribution in [0.25, 0.3) is 0 Å². The minimum atomic E-state index is -0.285. The van der Waals surface area contributed by atoms with Crippen molar-refractivity contribution < 1.29 is 9.59 Å². The standard InChI is InChI=1S/C21H25ClN2O2/c1-13(2)17-8-6-7-9-19(17)24(16(5)25)12-20(26)23-21-15(4)10-14(3)11-18(21)22/h6-11,13H,12H2,1-5H3,(H,23,26). The summed E-state index contributed by atoms with van der Waals surface area (Å²) in [5.74, 6) is -0.225. The molecule has 0 aliphatic rings. The van der Waals surface area contributed by atoms with Gasteiger partial charge in [-0.1, -0.05) is 49.7 Å². The zero-order chi connectivity index (χ0) is 19.4. The maximum absolute atomic E-state index is 12.6. The Hall–Kier alpha value is -2.33. The van der Waals surface area contributed by atoms with E-state index in [2.05, 4.69) is 19.2 Å². The van der Waals surface area contributed by atoms with Gasteiger partial charge in [-0.2, -0.15) is 0 Å². The number of nitrogens with one attached hydrogen (secondary N) is 1. The molecule has 0 radical (unpaired) electrons. The zero-order valence-electron chi connectivity index (χ0n) is 15.9. The third-order valence-electron chi connectivity index (χ3n) is 4.23. The van der Waals surface area contributed by atoms with Crippen LogP contribution in [-0.2, 0) is 9.59 Å². The summed E-state index contributed by atoms with van der Waals surface area (Å²) in [4.78, 5) is 26.3. The number of halogens is 1. The summed E-state index contributed by atoms with van der Waals surface area (Å²) < 4.78 is 0. The van der Waals surface area contributed by atoms with E-state index in [4.69, 9.17) is 11.6 Å². The molecule has 0 saturated heterocycles. The molecule has 2 aromatic rings. The van der Waals surface area contributed by atoms with Crippen molar-refractivity contribution in [2.45, 2.75) is 40.5 Å². The van der Waals surface area contributed by atoms with E-state index in [0.717, 1.165) is 22.4 Å². The number of para-hydroxylation sites is 1. The number of carbonyl (C=O) groups excluding carboxylic acids is 2. The topological polar surface area (TPSA) is 49.4 Å². The Kier molecular flexibility index (Phi) is 6.43. The summed E-state index contributed by atoms with van der Waals surface area (Å²) in [5, 5.41) is 3.34. The lowest BCUT2D eigenvalue weighted by Crippen LogP contribution is -2.37. The number of aryl methyl sites for hydroxylation is 2. The van der Waals surface area contributed by atoms with Crippen molar-refractivity contribution in [2.75, 3.05) is 16.8 Å². The Labute approximate surface area is 160 Å². The molecule has 138 valence electrons. The summed E-state index contributed by atoms with van der Waals surface area (Å²) in [7, 11) is 0. The molecule has 0 atom stereocenters. The fraction of sp³-hybridized carbons (Fsp3) is 0.333. The number of anilines is 2. The van der Waals surface area contributed by atoms with Gasteiger partial charge in [0.2, 0.25) is 11.8 Å². The van der Waals surface area contributed by atoms with Crippen LogP contribution < -0.4 is 10.2 Å². The molecular weight excluding hydrogens is 348 g/mol. The first-order valence-electron chi connectivity index (χ1n) is 8.64. The molecule has 26 heavy (non-hydrogen) atoms. The quantitative estimate of drug-likeness (QED) is 0.796. The smallest absolute Gasteiger partial charge is 0.244 e. The molecule has 5 heteroatoms. The highest BCUT2D eigenvalue weighted by molar-refractivity contribution is 6.34. The van der Waals surface area contributed by atoms with E-state index in [9.17, 15) is 9.59 Å². The van der Waals surface area contributed by atoms with Gasteiger partial charge < -0.3 is 10.2 Å². The number of carbonyl (C=O) groups is 2. The molecule has 0 unspecified atom stereocenters. The van der Waals surface area contributed by atoms with Crippen LogP contribution in [0.4, 0.5) is 11.4 Å². The lowest BCUT2D eigenvalue weighted by Gasteiger charge is -2.25. The van der Waals surface area contributed by atoms with Gasteiger partial charge in [0.1, 0.15) is 6.54 Å². The Morgan fingerprint density at radius 2 is 1.81 bits per heavy atom. The van der Waals surface area contributed by atoms with Gasteiger partial charge >= 0.3 is 0 Å². The van der Waals surface area contributed by atoms with E-state index in [1.54, 1.807) is 6.07 Å². The number of amides is 2. The highest BCUT2D eigenvalue weighted by atomic mass is 35.5. The molecule has 0 aromatic heterocycles. The molecule has 0 heterocycles. The van der Waals surface area contributed by atoms with Crippen LogP contribution in [0.1, 0.15) is 43.4 Å². The highest BCUT2D eigenvalue weighted by Crippen LogP contribution is 2.29. The fourth-order valence-corrected chi connectivity index (χ4v) is 3.35. The van der Waals surface area contributed by atoms with Gasteiger partial charge in [0.05, 0.1) is 10.7 Å². The molecule has 1 N–H and O–H groups in total. The second-order valence-electron chi connectivity index (χ2n) is 6.81. The van der Waals surface area contributed by atoms with E-state index in [1.807, 2.05) is 44.2 Å². The summed E-state index contributed by atoms with van der Waals surface area (Å²) in [6.45, 7) is 9.37. The monoisotopic (exact) mass is 372 g/mol. The maximum atomic E-state index is 12.6. The molecule has 2 rings (SSSR count). The SMILES string of the molecule is CC(=O)N(CC(=O)Nc1c(C)cc(C)cc1Cl)c1ccccc1C(C)C. The molecule has 0 saturated carbocycles. The van der Waals surface area contributed by atoms with Crippen LogP contribution >= 0.6 is 11.6 Å². The largest absolute Gasteiger partial charge is 0.323 e. The normalized spacial score (nSPS) is 10.7. The van der Waals surface area contributed by atoms with Crippen LogP contribution in [0.3, 0.4) is 0 Å². The first kappa shape index (κ1) is 20.0. The second kappa shape index (κ2) is 8.37. The van der Waals surface area contributed by atoms with Crippen molar-refractivity contribution >= 4 is 34.8 Å². The third kappa shape index (κ3) is 4.64. The molecule has 0 fully saturated rings. The average molecular weight is 373 g/mol. The lowest BCUT2D eigenvalue weighted by atomic mass is 10.0. The van der Waals surface area contributed by atoms with Crippen molar-refractivity contribution in [1.29, 1.82) is 0 Å².